The lowest BCUT2D eigenvalue weighted by molar-refractivity contribution is -0.120. The first-order chi connectivity index (χ1) is 10.1. The average Bonchev–Trinajstić information content (AvgIpc) is 2.93. The van der Waals surface area contributed by atoms with E-state index < -0.39 is 0 Å². The number of pyridine rings is 1. The van der Waals surface area contributed by atoms with E-state index in [4.69, 9.17) is 10.5 Å². The number of carbonyl (C=O) groups excluding carboxylic acids is 1. The molecule has 2 aromatic rings. The fourth-order valence-electron chi connectivity index (χ4n) is 2.77. The molecule has 1 aliphatic heterocycles. The van der Waals surface area contributed by atoms with Crippen LogP contribution in [0.5, 0.6) is 5.75 Å². The van der Waals surface area contributed by atoms with Gasteiger partial charge in [-0.15, -0.1) is 0 Å². The van der Waals surface area contributed by atoms with Gasteiger partial charge in [-0.2, -0.15) is 0 Å². The van der Waals surface area contributed by atoms with E-state index in [1.165, 1.54) is 6.07 Å². The van der Waals surface area contributed by atoms with Crippen molar-refractivity contribution in [1.82, 2.24) is 9.88 Å². The van der Waals surface area contributed by atoms with Crippen LogP contribution in [0.4, 0.5) is 0 Å². The van der Waals surface area contributed by atoms with Gasteiger partial charge in [-0.3, -0.25) is 14.2 Å². The number of nitrogens with one attached hydrogen (secondary N) is 1. The van der Waals surface area contributed by atoms with Gasteiger partial charge in [0.25, 0.3) is 5.56 Å². The summed E-state index contributed by atoms with van der Waals surface area (Å²) < 4.78 is 7.23. The maximum Gasteiger partial charge on any atom is 0.252 e. The van der Waals surface area contributed by atoms with Gasteiger partial charge in [0.1, 0.15) is 5.75 Å². The maximum atomic E-state index is 12.1. The summed E-state index contributed by atoms with van der Waals surface area (Å²) in [6.07, 6.45) is 0.884. The second-order valence-corrected chi connectivity index (χ2v) is 5.10. The number of amides is 1. The van der Waals surface area contributed by atoms with Crippen molar-refractivity contribution in [2.24, 2.45) is 5.73 Å². The molecule has 1 aromatic heterocycles. The Labute approximate surface area is 121 Å². The molecule has 3 N–H and O–H groups in total. The van der Waals surface area contributed by atoms with Crippen molar-refractivity contribution >= 4 is 16.8 Å². The van der Waals surface area contributed by atoms with Crippen LogP contribution >= 0.6 is 0 Å². The third-order valence-electron chi connectivity index (χ3n) is 3.72. The highest BCUT2D eigenvalue weighted by Gasteiger charge is 2.19. The van der Waals surface area contributed by atoms with Crippen LogP contribution in [0.25, 0.3) is 10.9 Å². The Bertz CT molecular complexity index is 780. The van der Waals surface area contributed by atoms with Crippen molar-refractivity contribution < 1.29 is 9.53 Å². The van der Waals surface area contributed by atoms with Crippen molar-refractivity contribution in [3.05, 3.63) is 39.7 Å². The van der Waals surface area contributed by atoms with Gasteiger partial charge in [0, 0.05) is 17.9 Å². The predicted molar refractivity (Wildman–Crippen MR) is 79.3 cm³/mol. The molecule has 0 saturated carbocycles. The molecule has 6 nitrogen and oxygen atoms in total. The number of benzene rings is 1. The molecule has 3 rings (SSSR count). The second-order valence-electron chi connectivity index (χ2n) is 5.10. The molecule has 1 aromatic carbocycles. The number of rotatable bonds is 3. The highest BCUT2D eigenvalue weighted by Crippen LogP contribution is 2.35. The number of hydrogen-bond acceptors (Lipinski definition) is 4. The van der Waals surface area contributed by atoms with E-state index in [0.29, 0.717) is 6.61 Å². The van der Waals surface area contributed by atoms with Crippen LogP contribution in [0.2, 0.25) is 0 Å². The fourth-order valence-corrected chi connectivity index (χ4v) is 2.77. The number of nitrogens with two attached hydrogens (primary N) is 1. The Hall–Kier alpha value is -2.34. The number of aryl methyl sites for hydroxylation is 1. The Morgan fingerprint density at radius 1 is 1.48 bits per heavy atom. The lowest BCUT2D eigenvalue weighted by atomic mass is 10.0. The second kappa shape index (κ2) is 5.21. The number of aromatic nitrogens is 1. The minimum absolute atomic E-state index is 0.100. The topological polar surface area (TPSA) is 86.4 Å². The Balaban J connectivity index is 2.17. The SMILES string of the molecule is Cc1cc2c(c3ccc(=O)n(CNC(=O)CN)c13)OCC2. The molecular weight excluding hydrogens is 270 g/mol. The highest BCUT2D eigenvalue weighted by atomic mass is 16.5. The largest absolute Gasteiger partial charge is 0.492 e. The zero-order valence-corrected chi connectivity index (χ0v) is 11.8. The summed E-state index contributed by atoms with van der Waals surface area (Å²) in [4.78, 5) is 23.5. The molecular formula is C15H17N3O3. The molecule has 1 aliphatic rings. The van der Waals surface area contributed by atoms with Gasteiger partial charge in [-0.25, -0.2) is 0 Å². The van der Waals surface area contributed by atoms with Crippen LogP contribution in [0.15, 0.2) is 23.0 Å². The van der Waals surface area contributed by atoms with Crippen LogP contribution < -0.4 is 21.3 Å². The number of carbonyl (C=O) groups is 1. The molecule has 0 bridgehead atoms. The van der Waals surface area contributed by atoms with Crippen molar-refractivity contribution in [1.29, 1.82) is 0 Å². The van der Waals surface area contributed by atoms with E-state index in [-0.39, 0.29) is 24.7 Å². The van der Waals surface area contributed by atoms with Crippen molar-refractivity contribution in [2.45, 2.75) is 20.0 Å². The quantitative estimate of drug-likeness (QED) is 0.849. The number of nitrogens with zero attached hydrogens (tertiary/aromatic N) is 1. The van der Waals surface area contributed by atoms with Crippen LogP contribution in [0.3, 0.4) is 0 Å². The maximum absolute atomic E-state index is 12.1. The molecule has 1 amide bonds. The summed E-state index contributed by atoms with van der Waals surface area (Å²) in [5, 5.41) is 3.54. The Kier molecular flexibility index (Phi) is 3.39. The van der Waals surface area contributed by atoms with Crippen LogP contribution in [0.1, 0.15) is 11.1 Å². The summed E-state index contributed by atoms with van der Waals surface area (Å²) in [7, 11) is 0. The van der Waals surface area contributed by atoms with E-state index >= 15 is 0 Å². The normalized spacial score (nSPS) is 13.0. The van der Waals surface area contributed by atoms with E-state index in [9.17, 15) is 9.59 Å². The van der Waals surface area contributed by atoms with Gasteiger partial charge in [0.05, 0.1) is 25.3 Å². The Morgan fingerprint density at radius 3 is 3.05 bits per heavy atom. The molecule has 0 radical (unpaired) electrons. The molecule has 0 fully saturated rings. The van der Waals surface area contributed by atoms with Gasteiger partial charge in [0.15, 0.2) is 0 Å². The average molecular weight is 287 g/mol. The smallest absolute Gasteiger partial charge is 0.252 e. The van der Waals surface area contributed by atoms with E-state index in [1.807, 2.05) is 13.0 Å². The first kappa shape index (κ1) is 13.6. The monoisotopic (exact) mass is 287 g/mol. The Morgan fingerprint density at radius 2 is 2.29 bits per heavy atom. The van der Waals surface area contributed by atoms with Gasteiger partial charge in [-0.1, -0.05) is 6.07 Å². The number of ether oxygens (including phenoxy) is 1. The molecule has 6 heteroatoms. The van der Waals surface area contributed by atoms with Crippen LogP contribution in [-0.4, -0.2) is 23.6 Å². The lowest BCUT2D eigenvalue weighted by Gasteiger charge is -2.15. The molecule has 110 valence electrons. The van der Waals surface area contributed by atoms with Gasteiger partial charge in [-0.05, 0) is 24.1 Å². The van der Waals surface area contributed by atoms with Crippen molar-refractivity contribution in [3.63, 3.8) is 0 Å². The zero-order valence-electron chi connectivity index (χ0n) is 11.8. The van der Waals surface area contributed by atoms with Crippen LogP contribution in [0, 0.1) is 6.92 Å². The third kappa shape index (κ3) is 2.27. The number of fused-ring (bicyclic) bond motifs is 3. The van der Waals surface area contributed by atoms with E-state index in [1.54, 1.807) is 10.6 Å². The van der Waals surface area contributed by atoms with Crippen molar-refractivity contribution in [3.8, 4) is 5.75 Å². The molecule has 2 heterocycles. The third-order valence-corrected chi connectivity index (χ3v) is 3.72. The van der Waals surface area contributed by atoms with Gasteiger partial charge < -0.3 is 15.8 Å². The zero-order chi connectivity index (χ0) is 15.0. The summed E-state index contributed by atoms with van der Waals surface area (Å²) in [6.45, 7) is 2.63. The first-order valence-electron chi connectivity index (χ1n) is 6.87. The summed E-state index contributed by atoms with van der Waals surface area (Å²) in [6, 6.07) is 5.33. The van der Waals surface area contributed by atoms with Crippen LogP contribution in [-0.2, 0) is 17.9 Å². The first-order valence-corrected chi connectivity index (χ1v) is 6.87. The molecule has 0 atom stereocenters. The molecule has 0 spiro atoms. The molecule has 21 heavy (non-hydrogen) atoms. The fraction of sp³-hybridized carbons (Fsp3) is 0.333. The van der Waals surface area contributed by atoms with Gasteiger partial charge in [0.2, 0.25) is 5.91 Å². The standard InChI is InChI=1S/C15H17N3O3/c1-9-6-10-4-5-21-15(10)11-2-3-13(20)18(14(9)11)8-17-12(19)7-16/h2-3,6H,4-5,7-8,16H2,1H3,(H,17,19). The molecule has 0 unspecified atom stereocenters. The predicted octanol–water partition coefficient (Wildman–Crippen LogP) is 0.277. The molecule has 0 aliphatic carbocycles. The van der Waals surface area contributed by atoms with Crippen molar-refractivity contribution in [2.75, 3.05) is 13.2 Å². The summed E-state index contributed by atoms with van der Waals surface area (Å²) in [5.74, 6) is 0.545. The highest BCUT2D eigenvalue weighted by molar-refractivity contribution is 5.90. The summed E-state index contributed by atoms with van der Waals surface area (Å²) in [5.41, 5.74) is 8.05. The van der Waals surface area contributed by atoms with E-state index in [2.05, 4.69) is 5.32 Å². The van der Waals surface area contributed by atoms with Gasteiger partial charge >= 0.3 is 0 Å². The minimum atomic E-state index is -0.297. The summed E-state index contributed by atoms with van der Waals surface area (Å²) >= 11 is 0. The minimum Gasteiger partial charge on any atom is -0.492 e. The van der Waals surface area contributed by atoms with E-state index in [0.717, 1.165) is 34.2 Å². The number of hydrogen-bond donors (Lipinski definition) is 2. The molecule has 0 saturated heterocycles. The lowest BCUT2D eigenvalue weighted by Crippen LogP contribution is -2.35.